The standard InChI is InChI=1S/C8H9ClFNO3S/c9-6-1-2-8(7(10)5-6)11-15(13,14)4-3-12/h1-2,5,11-12H,3-4H2. The minimum atomic E-state index is -3.70. The molecule has 0 amide bonds. The number of hydrogen-bond acceptors (Lipinski definition) is 3. The van der Waals surface area contributed by atoms with Gasteiger partial charge in [0.25, 0.3) is 0 Å². The summed E-state index contributed by atoms with van der Waals surface area (Å²) in [5.41, 5.74) is -0.187. The Kier molecular flexibility index (Phi) is 3.90. The predicted octanol–water partition coefficient (Wildman–Crippen LogP) is 1.21. The second-order valence-corrected chi connectivity index (χ2v) is 5.05. The minimum absolute atomic E-state index is 0.178. The van der Waals surface area contributed by atoms with E-state index in [4.69, 9.17) is 16.7 Å². The van der Waals surface area contributed by atoms with Gasteiger partial charge in [-0.1, -0.05) is 11.6 Å². The van der Waals surface area contributed by atoms with E-state index in [1.807, 2.05) is 4.72 Å². The van der Waals surface area contributed by atoms with Crippen LogP contribution in [0.1, 0.15) is 0 Å². The van der Waals surface area contributed by atoms with Crippen molar-refractivity contribution in [1.29, 1.82) is 0 Å². The van der Waals surface area contributed by atoms with Gasteiger partial charge in [-0.3, -0.25) is 4.72 Å². The van der Waals surface area contributed by atoms with E-state index in [9.17, 15) is 12.8 Å². The van der Waals surface area contributed by atoms with Crippen LogP contribution >= 0.6 is 11.6 Å². The van der Waals surface area contributed by atoms with E-state index in [2.05, 4.69) is 0 Å². The highest BCUT2D eigenvalue weighted by Crippen LogP contribution is 2.19. The van der Waals surface area contributed by atoms with Gasteiger partial charge in [0.1, 0.15) is 5.82 Å². The van der Waals surface area contributed by atoms with Gasteiger partial charge in [0.2, 0.25) is 10.0 Å². The van der Waals surface area contributed by atoms with Crippen LogP contribution in [0.4, 0.5) is 10.1 Å². The summed E-state index contributed by atoms with van der Waals surface area (Å²) in [4.78, 5) is 0. The molecule has 0 aliphatic carbocycles. The van der Waals surface area contributed by atoms with E-state index in [1.54, 1.807) is 0 Å². The zero-order valence-corrected chi connectivity index (χ0v) is 9.15. The van der Waals surface area contributed by atoms with E-state index in [-0.39, 0.29) is 10.7 Å². The van der Waals surface area contributed by atoms with Crippen molar-refractivity contribution in [1.82, 2.24) is 0 Å². The van der Waals surface area contributed by atoms with Gasteiger partial charge in [-0.15, -0.1) is 0 Å². The van der Waals surface area contributed by atoms with Gasteiger partial charge < -0.3 is 5.11 Å². The highest BCUT2D eigenvalue weighted by molar-refractivity contribution is 7.92. The van der Waals surface area contributed by atoms with E-state index in [0.29, 0.717) is 0 Å². The lowest BCUT2D eigenvalue weighted by Crippen LogP contribution is -2.19. The molecular formula is C8H9ClFNO3S. The van der Waals surface area contributed by atoms with E-state index >= 15 is 0 Å². The van der Waals surface area contributed by atoms with Crippen molar-refractivity contribution in [2.75, 3.05) is 17.1 Å². The van der Waals surface area contributed by atoms with E-state index in [1.165, 1.54) is 12.1 Å². The molecule has 0 bridgehead atoms. The number of nitrogens with one attached hydrogen (secondary N) is 1. The lowest BCUT2D eigenvalue weighted by atomic mass is 10.3. The van der Waals surface area contributed by atoms with Crippen LogP contribution in [-0.2, 0) is 10.0 Å². The molecule has 0 aliphatic heterocycles. The van der Waals surface area contributed by atoms with Crippen LogP contribution in [0.5, 0.6) is 0 Å². The molecule has 84 valence electrons. The molecule has 1 rings (SSSR count). The first kappa shape index (κ1) is 12.2. The SMILES string of the molecule is O=S(=O)(CCO)Nc1ccc(Cl)cc1F. The first-order valence-corrected chi connectivity index (χ1v) is 6.04. The molecule has 0 spiro atoms. The van der Waals surface area contributed by atoms with Crippen molar-refractivity contribution >= 4 is 27.3 Å². The Bertz CT molecular complexity index is 449. The molecule has 1 aromatic carbocycles. The summed E-state index contributed by atoms with van der Waals surface area (Å²) in [6.07, 6.45) is 0. The third-order valence-corrected chi connectivity index (χ3v) is 3.04. The smallest absolute Gasteiger partial charge is 0.235 e. The van der Waals surface area contributed by atoms with Crippen LogP contribution in [-0.4, -0.2) is 25.9 Å². The second kappa shape index (κ2) is 4.78. The van der Waals surface area contributed by atoms with Gasteiger partial charge in [0, 0.05) is 5.02 Å². The van der Waals surface area contributed by atoms with Crippen LogP contribution in [0.15, 0.2) is 18.2 Å². The molecule has 0 saturated heterocycles. The molecule has 0 heterocycles. The summed E-state index contributed by atoms with van der Waals surface area (Å²) in [7, 11) is -3.70. The molecule has 0 aromatic heterocycles. The Morgan fingerprint density at radius 3 is 2.67 bits per heavy atom. The van der Waals surface area contributed by atoms with Crippen LogP contribution in [0.25, 0.3) is 0 Å². The highest BCUT2D eigenvalue weighted by atomic mass is 35.5. The molecule has 4 nitrogen and oxygen atoms in total. The molecule has 0 atom stereocenters. The third-order valence-electron chi connectivity index (χ3n) is 1.56. The molecule has 1 aromatic rings. The van der Waals surface area contributed by atoms with Crippen LogP contribution in [0.3, 0.4) is 0 Å². The van der Waals surface area contributed by atoms with Crippen molar-refractivity contribution in [3.8, 4) is 0 Å². The highest BCUT2D eigenvalue weighted by Gasteiger charge is 2.12. The lowest BCUT2D eigenvalue weighted by molar-refractivity contribution is 0.320. The maximum atomic E-state index is 13.1. The van der Waals surface area contributed by atoms with Crippen LogP contribution in [0, 0.1) is 5.82 Å². The fourth-order valence-corrected chi connectivity index (χ4v) is 1.91. The number of aliphatic hydroxyl groups is 1. The Hall–Kier alpha value is -0.850. The number of anilines is 1. The topological polar surface area (TPSA) is 66.4 Å². The molecule has 0 saturated carbocycles. The molecule has 15 heavy (non-hydrogen) atoms. The fourth-order valence-electron chi connectivity index (χ4n) is 0.911. The van der Waals surface area contributed by atoms with Gasteiger partial charge in [-0.2, -0.15) is 0 Å². The van der Waals surface area contributed by atoms with Crippen molar-refractivity contribution in [3.05, 3.63) is 29.0 Å². The molecule has 0 unspecified atom stereocenters. The summed E-state index contributed by atoms with van der Waals surface area (Å²) in [6, 6.07) is 3.58. The fraction of sp³-hybridized carbons (Fsp3) is 0.250. The third kappa shape index (κ3) is 3.65. The van der Waals surface area contributed by atoms with Gasteiger partial charge >= 0.3 is 0 Å². The molecule has 0 aliphatic rings. The summed E-state index contributed by atoms with van der Waals surface area (Å²) in [5, 5.41) is 8.64. The predicted molar refractivity (Wildman–Crippen MR) is 55.9 cm³/mol. The Morgan fingerprint density at radius 1 is 1.47 bits per heavy atom. The Balaban J connectivity index is 2.90. The molecule has 0 fully saturated rings. The first-order valence-electron chi connectivity index (χ1n) is 4.01. The number of aliphatic hydroxyl groups excluding tert-OH is 1. The maximum Gasteiger partial charge on any atom is 0.235 e. The van der Waals surface area contributed by atoms with Gasteiger partial charge in [0.05, 0.1) is 18.0 Å². The zero-order valence-electron chi connectivity index (χ0n) is 7.57. The van der Waals surface area contributed by atoms with Gasteiger partial charge in [-0.05, 0) is 18.2 Å². The van der Waals surface area contributed by atoms with Crippen molar-refractivity contribution in [3.63, 3.8) is 0 Å². The quantitative estimate of drug-likeness (QED) is 0.848. The minimum Gasteiger partial charge on any atom is -0.395 e. The molecular weight excluding hydrogens is 245 g/mol. The van der Waals surface area contributed by atoms with Crippen LogP contribution in [0.2, 0.25) is 5.02 Å². The van der Waals surface area contributed by atoms with Crippen LogP contribution < -0.4 is 4.72 Å². The van der Waals surface area contributed by atoms with Gasteiger partial charge in [0.15, 0.2) is 0 Å². The molecule has 0 radical (unpaired) electrons. The van der Waals surface area contributed by atoms with Crippen molar-refractivity contribution in [2.24, 2.45) is 0 Å². The molecule has 2 N–H and O–H groups in total. The first-order chi connectivity index (χ1) is 6.94. The second-order valence-electron chi connectivity index (χ2n) is 2.77. The summed E-state index contributed by atoms with van der Waals surface area (Å²) < 4.78 is 37.5. The number of sulfonamides is 1. The van der Waals surface area contributed by atoms with Gasteiger partial charge in [-0.25, -0.2) is 12.8 Å². The average molecular weight is 254 g/mol. The number of rotatable bonds is 4. The number of benzene rings is 1. The normalized spacial score (nSPS) is 11.4. The van der Waals surface area contributed by atoms with Crippen molar-refractivity contribution < 1.29 is 17.9 Å². The summed E-state index contributed by atoms with van der Waals surface area (Å²) in [6.45, 7) is -0.523. The van der Waals surface area contributed by atoms with E-state index in [0.717, 1.165) is 6.07 Å². The maximum absolute atomic E-state index is 13.1. The summed E-state index contributed by atoms with van der Waals surface area (Å²) in [5.74, 6) is -1.24. The Labute approximate surface area is 91.7 Å². The number of halogens is 2. The number of hydrogen-bond donors (Lipinski definition) is 2. The zero-order chi connectivity index (χ0) is 11.5. The largest absolute Gasteiger partial charge is 0.395 e. The monoisotopic (exact) mass is 253 g/mol. The summed E-state index contributed by atoms with van der Waals surface area (Å²) >= 11 is 5.49. The average Bonchev–Trinajstić information content (AvgIpc) is 2.09. The van der Waals surface area contributed by atoms with E-state index < -0.39 is 28.2 Å². The van der Waals surface area contributed by atoms with Crippen molar-refractivity contribution in [2.45, 2.75) is 0 Å². The Morgan fingerprint density at radius 2 is 2.13 bits per heavy atom. The lowest BCUT2D eigenvalue weighted by Gasteiger charge is -2.07. The molecule has 7 heteroatoms.